The Morgan fingerprint density at radius 1 is 1.14 bits per heavy atom. The van der Waals surface area contributed by atoms with E-state index in [1.165, 1.54) is 11.3 Å². The highest BCUT2D eigenvalue weighted by molar-refractivity contribution is 7.17. The number of pyridine rings is 1. The monoisotopic (exact) mass is 420 g/mol. The Morgan fingerprint density at radius 2 is 2.03 bits per heavy atom. The smallest absolute Gasteiger partial charge is 0.263 e. The number of carbonyl (C=O) groups excluding carboxylic acids is 1. The first kappa shape index (κ1) is 17.8. The van der Waals surface area contributed by atoms with E-state index in [0.717, 1.165) is 38.0 Å². The highest BCUT2D eigenvalue weighted by atomic mass is 32.1. The molecule has 0 bridgehead atoms. The van der Waals surface area contributed by atoms with Gasteiger partial charge in [-0.15, -0.1) is 22.7 Å². The first-order chi connectivity index (χ1) is 14.1. The lowest BCUT2D eigenvalue weighted by Gasteiger charge is -2.07. The van der Waals surface area contributed by atoms with Gasteiger partial charge < -0.3 is 4.90 Å². The number of fused-ring (bicyclic) bond motifs is 1. The van der Waals surface area contributed by atoms with E-state index in [9.17, 15) is 4.79 Å². The third-order valence-electron chi connectivity index (χ3n) is 4.58. The molecule has 7 nitrogen and oxygen atoms in total. The van der Waals surface area contributed by atoms with E-state index >= 15 is 0 Å². The number of nitrogens with one attached hydrogen (secondary N) is 1. The van der Waals surface area contributed by atoms with Crippen molar-refractivity contribution in [2.24, 2.45) is 0 Å². The lowest BCUT2D eigenvalue weighted by Crippen LogP contribution is -2.20. The second-order valence-corrected chi connectivity index (χ2v) is 8.63. The number of aromatic amines is 1. The molecule has 0 aliphatic heterocycles. The first-order valence-electron chi connectivity index (χ1n) is 8.84. The molecule has 29 heavy (non-hydrogen) atoms. The Balaban J connectivity index is 1.58. The molecule has 0 unspecified atom stereocenters. The molecule has 5 aromatic rings. The van der Waals surface area contributed by atoms with Gasteiger partial charge in [-0.05, 0) is 24.3 Å². The summed E-state index contributed by atoms with van der Waals surface area (Å²) in [5, 5.41) is 10.2. The highest BCUT2D eigenvalue weighted by Gasteiger charge is 2.17. The summed E-state index contributed by atoms with van der Waals surface area (Å²) in [5.41, 5.74) is 4.68. The zero-order chi connectivity index (χ0) is 20.0. The minimum Gasteiger partial charge on any atom is -0.344 e. The molecule has 0 fully saturated rings. The average molecular weight is 421 g/mol. The van der Waals surface area contributed by atoms with Crippen molar-refractivity contribution >= 4 is 34.2 Å². The molecule has 5 aromatic heterocycles. The maximum absolute atomic E-state index is 12.2. The minimum atomic E-state index is -0.00441. The van der Waals surface area contributed by atoms with Gasteiger partial charge in [0.25, 0.3) is 5.91 Å². The fourth-order valence-corrected chi connectivity index (χ4v) is 4.83. The van der Waals surface area contributed by atoms with Gasteiger partial charge in [-0.25, -0.2) is 9.97 Å². The summed E-state index contributed by atoms with van der Waals surface area (Å²) >= 11 is 3.03. The molecule has 0 spiro atoms. The highest BCUT2D eigenvalue weighted by Crippen LogP contribution is 2.35. The van der Waals surface area contributed by atoms with Gasteiger partial charge in [0.2, 0.25) is 0 Å². The van der Waals surface area contributed by atoms with Crippen LogP contribution in [0.5, 0.6) is 0 Å². The standard InChI is InChI=1S/C20H16N6OS2/c1-25(2)20(27)16-5-4-15(29-16)18-13(9-23-24-18)12-3-6-17-22-10-14(26(17)11-12)19-21-7-8-28-19/h3-11H,1-2H3,(H,23,24). The van der Waals surface area contributed by atoms with E-state index in [2.05, 4.69) is 20.2 Å². The molecular weight excluding hydrogens is 404 g/mol. The van der Waals surface area contributed by atoms with Crippen molar-refractivity contribution < 1.29 is 4.79 Å². The maximum atomic E-state index is 12.2. The molecule has 1 N–H and O–H groups in total. The molecule has 0 aliphatic rings. The second-order valence-electron chi connectivity index (χ2n) is 6.65. The van der Waals surface area contributed by atoms with Crippen LogP contribution in [-0.2, 0) is 0 Å². The first-order valence-corrected chi connectivity index (χ1v) is 10.5. The Kier molecular flexibility index (Phi) is 4.26. The molecular formula is C20H16N6OS2. The van der Waals surface area contributed by atoms with Crippen LogP contribution in [0.1, 0.15) is 9.67 Å². The fourth-order valence-electron chi connectivity index (χ4n) is 3.15. The lowest BCUT2D eigenvalue weighted by atomic mass is 10.1. The number of nitrogens with zero attached hydrogens (tertiary/aromatic N) is 5. The molecule has 1 amide bonds. The van der Waals surface area contributed by atoms with Crippen molar-refractivity contribution in [2.75, 3.05) is 14.1 Å². The minimum absolute atomic E-state index is 0.00441. The van der Waals surface area contributed by atoms with Gasteiger partial charge in [-0.2, -0.15) is 5.10 Å². The van der Waals surface area contributed by atoms with E-state index < -0.39 is 0 Å². The summed E-state index contributed by atoms with van der Waals surface area (Å²) < 4.78 is 2.04. The van der Waals surface area contributed by atoms with Crippen molar-refractivity contribution in [3.05, 3.63) is 59.3 Å². The van der Waals surface area contributed by atoms with Crippen LogP contribution in [0.2, 0.25) is 0 Å². The lowest BCUT2D eigenvalue weighted by molar-refractivity contribution is 0.0832. The number of thiazole rings is 1. The molecule has 0 aliphatic carbocycles. The molecule has 0 atom stereocenters. The summed E-state index contributed by atoms with van der Waals surface area (Å²) in [5.74, 6) is -0.00441. The molecule has 0 saturated carbocycles. The predicted octanol–water partition coefficient (Wildman–Crippen LogP) is 4.28. The SMILES string of the molecule is CN(C)C(=O)c1ccc(-c2[nH]ncc2-c2ccc3ncc(-c4nccs4)n3c2)s1. The van der Waals surface area contributed by atoms with Crippen molar-refractivity contribution in [2.45, 2.75) is 0 Å². The van der Waals surface area contributed by atoms with E-state index in [1.54, 1.807) is 36.5 Å². The number of thiophene rings is 1. The summed E-state index contributed by atoms with van der Waals surface area (Å²) in [6, 6.07) is 7.82. The van der Waals surface area contributed by atoms with Crippen LogP contribution < -0.4 is 0 Å². The molecule has 0 saturated heterocycles. The Labute approximate surface area is 174 Å². The summed E-state index contributed by atoms with van der Waals surface area (Å²) in [6.07, 6.45) is 7.49. The number of H-pyrrole nitrogens is 1. The number of carbonyl (C=O) groups is 1. The van der Waals surface area contributed by atoms with E-state index in [4.69, 9.17) is 0 Å². The van der Waals surface area contributed by atoms with Crippen molar-refractivity contribution in [1.82, 2.24) is 29.5 Å². The topological polar surface area (TPSA) is 79.2 Å². The Bertz CT molecular complexity index is 1310. The molecule has 144 valence electrons. The molecule has 0 aromatic carbocycles. The van der Waals surface area contributed by atoms with Crippen LogP contribution in [0.3, 0.4) is 0 Å². The van der Waals surface area contributed by atoms with Gasteiger partial charge in [0.15, 0.2) is 0 Å². The van der Waals surface area contributed by atoms with Crippen molar-refractivity contribution in [3.8, 4) is 32.4 Å². The summed E-state index contributed by atoms with van der Waals surface area (Å²) in [7, 11) is 3.51. The van der Waals surface area contributed by atoms with Crippen LogP contribution in [0.25, 0.3) is 38.0 Å². The quantitative estimate of drug-likeness (QED) is 0.471. The Hall–Kier alpha value is -3.30. The maximum Gasteiger partial charge on any atom is 0.263 e. The number of amides is 1. The Morgan fingerprint density at radius 3 is 2.83 bits per heavy atom. The molecule has 5 rings (SSSR count). The molecule has 9 heteroatoms. The third kappa shape index (κ3) is 3.04. The second kappa shape index (κ2) is 6.94. The van der Waals surface area contributed by atoms with Gasteiger partial charge in [0.1, 0.15) is 16.3 Å². The number of rotatable bonds is 4. The average Bonchev–Trinajstić information content (AvgIpc) is 3.52. The van der Waals surface area contributed by atoms with Crippen LogP contribution in [-0.4, -0.2) is 49.5 Å². The predicted molar refractivity (Wildman–Crippen MR) is 115 cm³/mol. The van der Waals surface area contributed by atoms with Crippen LogP contribution >= 0.6 is 22.7 Å². The van der Waals surface area contributed by atoms with E-state index in [0.29, 0.717) is 4.88 Å². The molecule has 5 heterocycles. The number of imidazole rings is 1. The van der Waals surface area contributed by atoms with Crippen LogP contribution in [0, 0.1) is 0 Å². The number of aromatic nitrogens is 5. The third-order valence-corrected chi connectivity index (χ3v) is 6.46. The van der Waals surface area contributed by atoms with Crippen LogP contribution in [0.4, 0.5) is 0 Å². The molecule has 0 radical (unpaired) electrons. The summed E-state index contributed by atoms with van der Waals surface area (Å²) in [6.45, 7) is 0. The van der Waals surface area contributed by atoms with Crippen LogP contribution in [0.15, 0.2) is 54.4 Å². The van der Waals surface area contributed by atoms with Gasteiger partial charge in [0, 0.05) is 43.0 Å². The number of hydrogen-bond acceptors (Lipinski definition) is 6. The fraction of sp³-hybridized carbons (Fsp3) is 0.100. The van der Waals surface area contributed by atoms with Gasteiger partial charge in [-0.3, -0.25) is 14.3 Å². The van der Waals surface area contributed by atoms with Gasteiger partial charge >= 0.3 is 0 Å². The zero-order valence-electron chi connectivity index (χ0n) is 15.7. The van der Waals surface area contributed by atoms with E-state index in [1.807, 2.05) is 52.6 Å². The zero-order valence-corrected chi connectivity index (χ0v) is 17.3. The van der Waals surface area contributed by atoms with Gasteiger partial charge in [0.05, 0.1) is 27.8 Å². The van der Waals surface area contributed by atoms with E-state index in [-0.39, 0.29) is 5.91 Å². The van der Waals surface area contributed by atoms with Crippen molar-refractivity contribution in [1.29, 1.82) is 0 Å². The summed E-state index contributed by atoms with van der Waals surface area (Å²) in [4.78, 5) is 24.4. The van der Waals surface area contributed by atoms with Crippen molar-refractivity contribution in [3.63, 3.8) is 0 Å². The van der Waals surface area contributed by atoms with Gasteiger partial charge in [-0.1, -0.05) is 0 Å². The largest absolute Gasteiger partial charge is 0.344 e. The normalized spacial score (nSPS) is 11.2. The number of hydrogen-bond donors (Lipinski definition) is 1.